The molecule has 0 bridgehead atoms. The molecule has 1 rings (SSSR count). The molecule has 0 unspecified atom stereocenters. The van der Waals surface area contributed by atoms with Gasteiger partial charge < -0.3 is 10.2 Å². The second-order valence-corrected chi connectivity index (χ2v) is 4.71. The van der Waals surface area contributed by atoms with Gasteiger partial charge in [0.15, 0.2) is 5.69 Å². The number of non-ortho nitro benzene ring substituents is 1. The highest BCUT2D eigenvalue weighted by Crippen LogP contribution is 2.38. The van der Waals surface area contributed by atoms with E-state index in [2.05, 4.69) is 5.32 Å². The average Bonchev–Trinajstić information content (AvgIpc) is 2.42. The van der Waals surface area contributed by atoms with E-state index in [1.165, 1.54) is 0 Å². The SMILES string of the molecule is CN(C)CCCNc1c([N+](=O)[O-])cc([N+](=O)[O-])cc1[N+](=O)[O-]. The number of nitro benzene ring substituents is 3. The van der Waals surface area contributed by atoms with Crippen LogP contribution in [0.1, 0.15) is 6.42 Å². The molecule has 0 radical (unpaired) electrons. The fraction of sp³-hybridized carbons (Fsp3) is 0.455. The molecule has 0 aliphatic rings. The van der Waals surface area contributed by atoms with Crippen molar-refractivity contribution < 1.29 is 14.8 Å². The minimum Gasteiger partial charge on any atom is -0.374 e. The van der Waals surface area contributed by atoms with Crippen LogP contribution in [0.4, 0.5) is 22.7 Å². The largest absolute Gasteiger partial charge is 0.374 e. The maximum absolute atomic E-state index is 11.0. The summed E-state index contributed by atoms with van der Waals surface area (Å²) in [6.45, 7) is 0.944. The number of hydrogen-bond donors (Lipinski definition) is 1. The van der Waals surface area contributed by atoms with Gasteiger partial charge in [-0.1, -0.05) is 0 Å². The topological polar surface area (TPSA) is 145 Å². The Bertz CT molecular complexity index is 568. The first-order valence-electron chi connectivity index (χ1n) is 6.24. The van der Waals surface area contributed by atoms with Crippen LogP contribution in [0.25, 0.3) is 0 Å². The molecule has 120 valence electrons. The molecule has 0 heterocycles. The number of benzene rings is 1. The van der Waals surface area contributed by atoms with Gasteiger partial charge in [0.1, 0.15) is 0 Å². The van der Waals surface area contributed by atoms with Crippen LogP contribution in [0.5, 0.6) is 0 Å². The van der Waals surface area contributed by atoms with Crippen LogP contribution >= 0.6 is 0 Å². The number of nitrogens with one attached hydrogen (secondary N) is 1. The van der Waals surface area contributed by atoms with Gasteiger partial charge >= 0.3 is 11.4 Å². The lowest BCUT2D eigenvalue weighted by Gasteiger charge is -2.11. The molecule has 11 heteroatoms. The molecule has 11 nitrogen and oxygen atoms in total. The molecule has 1 aromatic rings. The highest BCUT2D eigenvalue weighted by molar-refractivity contribution is 5.77. The quantitative estimate of drug-likeness (QED) is 0.434. The third-order valence-electron chi connectivity index (χ3n) is 2.77. The van der Waals surface area contributed by atoms with Crippen LogP contribution in [-0.2, 0) is 0 Å². The molecule has 0 amide bonds. The van der Waals surface area contributed by atoms with Crippen molar-refractivity contribution in [2.75, 3.05) is 32.5 Å². The molecule has 1 aromatic carbocycles. The predicted molar refractivity (Wildman–Crippen MR) is 78.1 cm³/mol. The molecule has 0 saturated carbocycles. The van der Waals surface area contributed by atoms with Crippen LogP contribution in [0.15, 0.2) is 12.1 Å². The van der Waals surface area contributed by atoms with Crippen molar-refractivity contribution in [3.05, 3.63) is 42.5 Å². The molecule has 0 saturated heterocycles. The average molecular weight is 313 g/mol. The lowest BCUT2D eigenvalue weighted by atomic mass is 10.2. The molecule has 0 fully saturated rings. The Labute approximate surface area is 125 Å². The molecule has 1 N–H and O–H groups in total. The van der Waals surface area contributed by atoms with E-state index in [-0.39, 0.29) is 12.2 Å². The summed E-state index contributed by atoms with van der Waals surface area (Å²) in [5.41, 5.74) is -2.40. The second-order valence-electron chi connectivity index (χ2n) is 4.71. The Morgan fingerprint density at radius 3 is 1.86 bits per heavy atom. The van der Waals surface area contributed by atoms with Crippen molar-refractivity contribution in [2.45, 2.75) is 6.42 Å². The van der Waals surface area contributed by atoms with Crippen LogP contribution < -0.4 is 5.32 Å². The maximum atomic E-state index is 11.0. The van der Waals surface area contributed by atoms with Crippen molar-refractivity contribution in [1.82, 2.24) is 4.90 Å². The van der Waals surface area contributed by atoms with Crippen LogP contribution in [0.3, 0.4) is 0 Å². The third-order valence-corrected chi connectivity index (χ3v) is 2.77. The molecule has 22 heavy (non-hydrogen) atoms. The Morgan fingerprint density at radius 1 is 1.00 bits per heavy atom. The van der Waals surface area contributed by atoms with Gasteiger partial charge in [0.2, 0.25) is 0 Å². The van der Waals surface area contributed by atoms with Gasteiger partial charge in [0.05, 0.1) is 26.9 Å². The van der Waals surface area contributed by atoms with Gasteiger partial charge in [-0.2, -0.15) is 0 Å². The Morgan fingerprint density at radius 2 is 1.50 bits per heavy atom. The minimum absolute atomic E-state index is 0.262. The van der Waals surface area contributed by atoms with Gasteiger partial charge in [-0.15, -0.1) is 0 Å². The monoisotopic (exact) mass is 313 g/mol. The summed E-state index contributed by atoms with van der Waals surface area (Å²) in [4.78, 5) is 32.0. The van der Waals surface area contributed by atoms with Crippen LogP contribution in [0, 0.1) is 30.3 Å². The molecule has 0 spiro atoms. The standard InChI is InChI=1S/C11H15N5O6/c1-13(2)5-3-4-12-11-9(15(19)20)6-8(14(17)18)7-10(11)16(21)22/h6-7,12H,3-5H2,1-2H3. The molecular formula is C11H15N5O6. The van der Waals surface area contributed by atoms with Crippen LogP contribution in [-0.4, -0.2) is 46.9 Å². The second kappa shape index (κ2) is 7.26. The third kappa shape index (κ3) is 4.34. The molecule has 0 aliphatic carbocycles. The van der Waals surface area contributed by atoms with E-state index in [9.17, 15) is 30.3 Å². The first kappa shape index (κ1) is 17.2. The smallest absolute Gasteiger partial charge is 0.306 e. The van der Waals surface area contributed by atoms with Gasteiger partial charge in [0.25, 0.3) is 5.69 Å². The fourth-order valence-corrected chi connectivity index (χ4v) is 1.78. The molecule has 0 aromatic heterocycles. The van der Waals surface area contributed by atoms with E-state index in [1.807, 2.05) is 19.0 Å². The van der Waals surface area contributed by atoms with Crippen molar-refractivity contribution in [1.29, 1.82) is 0 Å². The zero-order valence-electron chi connectivity index (χ0n) is 12.0. The first-order chi connectivity index (χ1) is 10.2. The number of rotatable bonds is 8. The summed E-state index contributed by atoms with van der Waals surface area (Å²) < 4.78 is 0. The summed E-state index contributed by atoms with van der Waals surface area (Å²) in [5, 5.41) is 35.4. The number of nitro groups is 3. The van der Waals surface area contributed by atoms with Crippen molar-refractivity contribution >= 4 is 22.7 Å². The normalized spacial score (nSPS) is 10.5. The zero-order valence-corrected chi connectivity index (χ0v) is 12.0. The summed E-state index contributed by atoms with van der Waals surface area (Å²) in [6.07, 6.45) is 0.596. The van der Waals surface area contributed by atoms with Gasteiger partial charge in [0, 0.05) is 6.54 Å². The molecule has 0 atom stereocenters. The van der Waals surface area contributed by atoms with Gasteiger partial charge in [-0.3, -0.25) is 30.3 Å². The number of hydrogen-bond acceptors (Lipinski definition) is 8. The summed E-state index contributed by atoms with van der Waals surface area (Å²) in [5.74, 6) is 0. The maximum Gasteiger partial charge on any atom is 0.306 e. The first-order valence-corrected chi connectivity index (χ1v) is 6.24. The lowest BCUT2D eigenvalue weighted by molar-refractivity contribution is -0.401. The van der Waals surface area contributed by atoms with Gasteiger partial charge in [-0.05, 0) is 27.1 Å². The summed E-state index contributed by atoms with van der Waals surface area (Å²) in [7, 11) is 3.69. The number of nitrogens with zero attached hydrogens (tertiary/aromatic N) is 4. The summed E-state index contributed by atoms with van der Waals surface area (Å²) in [6, 6.07) is 1.42. The Hall–Kier alpha value is -2.82. The van der Waals surface area contributed by atoms with Crippen molar-refractivity contribution in [3.8, 4) is 0 Å². The van der Waals surface area contributed by atoms with E-state index in [0.717, 1.165) is 0 Å². The lowest BCUT2D eigenvalue weighted by Crippen LogP contribution is -2.17. The predicted octanol–water partition coefficient (Wildman–Crippen LogP) is 1.77. The van der Waals surface area contributed by atoms with E-state index in [4.69, 9.17) is 0 Å². The zero-order chi connectivity index (χ0) is 16.9. The highest BCUT2D eigenvalue weighted by atomic mass is 16.6. The van der Waals surface area contributed by atoms with E-state index < -0.39 is 31.8 Å². The van der Waals surface area contributed by atoms with Crippen molar-refractivity contribution in [2.24, 2.45) is 0 Å². The molecular weight excluding hydrogens is 298 g/mol. The van der Waals surface area contributed by atoms with Gasteiger partial charge in [-0.25, -0.2) is 0 Å². The molecule has 0 aliphatic heterocycles. The minimum atomic E-state index is -0.907. The Kier molecular flexibility index (Phi) is 5.69. The summed E-state index contributed by atoms with van der Waals surface area (Å²) >= 11 is 0. The van der Waals surface area contributed by atoms with E-state index in [0.29, 0.717) is 25.1 Å². The van der Waals surface area contributed by atoms with E-state index in [1.54, 1.807) is 0 Å². The van der Waals surface area contributed by atoms with E-state index >= 15 is 0 Å². The Balaban J connectivity index is 3.18. The fourth-order valence-electron chi connectivity index (χ4n) is 1.78. The number of anilines is 1. The van der Waals surface area contributed by atoms with Crippen LogP contribution in [0.2, 0.25) is 0 Å². The highest BCUT2D eigenvalue weighted by Gasteiger charge is 2.30. The van der Waals surface area contributed by atoms with Crippen molar-refractivity contribution in [3.63, 3.8) is 0 Å².